The molecule has 0 spiro atoms. The molecule has 0 atom stereocenters. The Morgan fingerprint density at radius 1 is 1.36 bits per heavy atom. The Labute approximate surface area is 82.0 Å². The normalized spacial score (nSPS) is 11.1. The predicted octanol–water partition coefficient (Wildman–Crippen LogP) is 0.218. The lowest BCUT2D eigenvalue weighted by Gasteiger charge is -1.91. The average Bonchev–Trinajstić information content (AvgIpc) is 2.16. The maximum absolute atomic E-state index is 8.52. The number of rotatable bonds is 3. The third kappa shape index (κ3) is 4.52. The highest BCUT2D eigenvalue weighted by atomic mass is 15.3. The van der Waals surface area contributed by atoms with Crippen LogP contribution in [0.1, 0.15) is 13.8 Å². The van der Waals surface area contributed by atoms with Gasteiger partial charge in [-0.3, -0.25) is 5.43 Å². The molecule has 0 aromatic heterocycles. The minimum Gasteiger partial charge on any atom is -0.388 e. The van der Waals surface area contributed by atoms with Gasteiger partial charge in [0.25, 0.3) is 0 Å². The van der Waals surface area contributed by atoms with Crippen LogP contribution in [0.3, 0.4) is 0 Å². The van der Waals surface area contributed by atoms with E-state index in [1.807, 2.05) is 0 Å². The molecule has 6 nitrogen and oxygen atoms in total. The van der Waals surface area contributed by atoms with E-state index in [0.717, 1.165) is 5.71 Å². The Morgan fingerprint density at radius 3 is 2.43 bits per heavy atom. The summed E-state index contributed by atoms with van der Waals surface area (Å²) in [5.41, 5.74) is 8.12. The molecule has 0 radical (unpaired) electrons. The van der Waals surface area contributed by atoms with Crippen LogP contribution >= 0.6 is 0 Å². The van der Waals surface area contributed by atoms with Crippen LogP contribution in [0.25, 0.3) is 0 Å². The number of aliphatic imine (C=N–C) groups is 1. The second kappa shape index (κ2) is 6.21. The monoisotopic (exact) mass is 190 g/mol. The summed E-state index contributed by atoms with van der Waals surface area (Å²) in [4.78, 5) is 3.61. The first-order valence-electron chi connectivity index (χ1n) is 3.70. The fourth-order valence-corrected chi connectivity index (χ4v) is 0.463. The highest BCUT2D eigenvalue weighted by Gasteiger charge is 1.97. The van der Waals surface area contributed by atoms with Gasteiger partial charge in [-0.05, 0) is 13.8 Å². The largest absolute Gasteiger partial charge is 0.388 e. The number of hydrogen-bond acceptors (Lipinski definition) is 5. The maximum Gasteiger partial charge on any atom is 0.175 e. The summed E-state index contributed by atoms with van der Waals surface area (Å²) < 4.78 is 0. The fraction of sp³-hybridized carbons (Fsp3) is 0.250. The van der Waals surface area contributed by atoms with E-state index in [1.54, 1.807) is 26.0 Å². The summed E-state index contributed by atoms with van der Waals surface area (Å²) in [6.07, 6.45) is 1.19. The lowest BCUT2D eigenvalue weighted by atomic mass is 10.4. The van der Waals surface area contributed by atoms with Crippen LogP contribution < -0.4 is 11.2 Å². The van der Waals surface area contributed by atoms with Crippen LogP contribution in [0.5, 0.6) is 0 Å². The van der Waals surface area contributed by atoms with Crippen LogP contribution in [-0.4, -0.2) is 12.1 Å². The number of allylic oxidation sites excluding steroid dienone is 2. The van der Waals surface area contributed by atoms with Gasteiger partial charge in [0.1, 0.15) is 24.2 Å². The molecule has 0 unspecified atom stereocenters. The molecule has 0 heterocycles. The van der Waals surface area contributed by atoms with E-state index < -0.39 is 0 Å². The van der Waals surface area contributed by atoms with Gasteiger partial charge in [-0.15, -0.1) is 0 Å². The van der Waals surface area contributed by atoms with E-state index in [4.69, 9.17) is 16.3 Å². The molecule has 0 aliphatic carbocycles. The lowest BCUT2D eigenvalue weighted by Crippen LogP contribution is -2.05. The Kier molecular flexibility index (Phi) is 5.17. The average molecular weight is 190 g/mol. The van der Waals surface area contributed by atoms with E-state index in [2.05, 4.69) is 15.5 Å². The fourth-order valence-electron chi connectivity index (χ4n) is 0.463. The van der Waals surface area contributed by atoms with Crippen LogP contribution in [-0.2, 0) is 0 Å². The summed E-state index contributed by atoms with van der Waals surface area (Å²) in [7, 11) is 0. The summed E-state index contributed by atoms with van der Waals surface area (Å²) in [5, 5.41) is 20.7. The third-order valence-corrected chi connectivity index (χ3v) is 1.02. The van der Waals surface area contributed by atoms with Gasteiger partial charge in [0, 0.05) is 5.71 Å². The van der Waals surface area contributed by atoms with Crippen molar-refractivity contribution in [2.24, 2.45) is 15.8 Å². The van der Waals surface area contributed by atoms with Crippen molar-refractivity contribution in [3.8, 4) is 12.1 Å². The second-order valence-corrected chi connectivity index (χ2v) is 2.43. The van der Waals surface area contributed by atoms with Crippen LogP contribution in [0, 0.1) is 22.7 Å². The third-order valence-electron chi connectivity index (χ3n) is 1.02. The molecule has 0 amide bonds. The molecule has 3 N–H and O–H groups in total. The number of nitrogens with one attached hydrogen (secondary N) is 1. The van der Waals surface area contributed by atoms with Crippen LogP contribution in [0.2, 0.25) is 0 Å². The molecular formula is C8H10N6. The zero-order chi connectivity index (χ0) is 11.0. The Morgan fingerprint density at radius 2 is 2.00 bits per heavy atom. The molecule has 14 heavy (non-hydrogen) atoms. The molecule has 0 aliphatic rings. The van der Waals surface area contributed by atoms with Crippen molar-refractivity contribution in [3.05, 3.63) is 11.4 Å². The van der Waals surface area contributed by atoms with Crippen LogP contribution in [0.15, 0.2) is 21.5 Å². The summed E-state index contributed by atoms with van der Waals surface area (Å²) in [6.45, 7) is 3.59. The van der Waals surface area contributed by atoms with Gasteiger partial charge in [-0.1, -0.05) is 0 Å². The molecule has 6 heteroatoms. The van der Waals surface area contributed by atoms with Gasteiger partial charge >= 0.3 is 0 Å². The number of nitrogens with two attached hydrogens (primary N) is 1. The van der Waals surface area contributed by atoms with Crippen molar-refractivity contribution in [3.63, 3.8) is 0 Å². The summed E-state index contributed by atoms with van der Waals surface area (Å²) in [6, 6.07) is 3.31. The van der Waals surface area contributed by atoms with Crippen molar-refractivity contribution >= 4 is 12.1 Å². The minimum absolute atomic E-state index is 0.135. The Hall–Kier alpha value is -2.34. The molecule has 0 bridgehead atoms. The zero-order valence-electron chi connectivity index (χ0n) is 7.94. The SMILES string of the molecule is CC(C)=NNC=N/C(C#N)=C(/N)C#N. The second-order valence-electron chi connectivity index (χ2n) is 2.43. The minimum atomic E-state index is -0.220. The first kappa shape index (κ1) is 11.7. The molecule has 0 aromatic rings. The van der Waals surface area contributed by atoms with E-state index >= 15 is 0 Å². The van der Waals surface area contributed by atoms with Gasteiger partial charge < -0.3 is 5.73 Å². The van der Waals surface area contributed by atoms with Crippen molar-refractivity contribution in [1.29, 1.82) is 10.5 Å². The quantitative estimate of drug-likeness (QED) is 0.287. The van der Waals surface area contributed by atoms with E-state index in [0.29, 0.717) is 0 Å². The van der Waals surface area contributed by atoms with Crippen molar-refractivity contribution < 1.29 is 0 Å². The summed E-state index contributed by atoms with van der Waals surface area (Å²) in [5.74, 6) is 0. The molecule has 72 valence electrons. The molecule has 0 saturated carbocycles. The Balaban J connectivity index is 4.46. The topological polar surface area (TPSA) is 110 Å². The highest BCUT2D eigenvalue weighted by Crippen LogP contribution is 1.96. The van der Waals surface area contributed by atoms with E-state index in [1.165, 1.54) is 6.34 Å². The van der Waals surface area contributed by atoms with Gasteiger partial charge in [-0.25, -0.2) is 4.99 Å². The standard InChI is InChI=1S/C8H10N6/c1-6(2)14-13-5-12-8(4-10)7(11)3-9/h5H,11H2,1-2H3,(H,12,13)/b8-7+. The maximum atomic E-state index is 8.52. The highest BCUT2D eigenvalue weighted by molar-refractivity contribution is 5.79. The number of nitrogens with zero attached hydrogens (tertiary/aromatic N) is 4. The molecule has 0 aliphatic heterocycles. The number of hydrogen-bond donors (Lipinski definition) is 2. The van der Waals surface area contributed by atoms with Gasteiger partial charge in [0.2, 0.25) is 0 Å². The van der Waals surface area contributed by atoms with E-state index in [-0.39, 0.29) is 11.4 Å². The van der Waals surface area contributed by atoms with Crippen LogP contribution in [0.4, 0.5) is 0 Å². The van der Waals surface area contributed by atoms with Crippen molar-refractivity contribution in [2.75, 3.05) is 0 Å². The molecule has 0 rings (SSSR count). The predicted molar refractivity (Wildman–Crippen MR) is 52.9 cm³/mol. The number of nitriles is 2. The van der Waals surface area contributed by atoms with Crippen molar-refractivity contribution in [1.82, 2.24) is 5.43 Å². The molecule has 0 saturated heterocycles. The molecular weight excluding hydrogens is 180 g/mol. The zero-order valence-corrected chi connectivity index (χ0v) is 7.94. The molecule has 0 aromatic carbocycles. The first-order chi connectivity index (χ1) is 6.61. The van der Waals surface area contributed by atoms with Gasteiger partial charge in [0.05, 0.1) is 0 Å². The smallest absolute Gasteiger partial charge is 0.175 e. The van der Waals surface area contributed by atoms with Crippen molar-refractivity contribution in [2.45, 2.75) is 13.8 Å². The first-order valence-corrected chi connectivity index (χ1v) is 3.70. The van der Waals surface area contributed by atoms with E-state index in [9.17, 15) is 0 Å². The summed E-state index contributed by atoms with van der Waals surface area (Å²) >= 11 is 0. The molecule has 0 fully saturated rings. The Bertz CT molecular complexity index is 358. The van der Waals surface area contributed by atoms with Gasteiger partial charge in [0.15, 0.2) is 5.70 Å². The van der Waals surface area contributed by atoms with Gasteiger partial charge in [-0.2, -0.15) is 15.6 Å². The number of hydrazone groups is 1. The lowest BCUT2D eigenvalue weighted by molar-refractivity contribution is 1.04.